The number of halogens is 1. The summed E-state index contributed by atoms with van der Waals surface area (Å²) < 4.78 is 11.0. The number of benzene rings is 1. The third kappa shape index (κ3) is 2.13. The van der Waals surface area contributed by atoms with Gasteiger partial charge >= 0.3 is 0 Å². The zero-order valence-electron chi connectivity index (χ0n) is 8.54. The second-order valence-electron chi connectivity index (χ2n) is 2.82. The van der Waals surface area contributed by atoms with Crippen LogP contribution in [-0.4, -0.2) is 20.5 Å². The highest BCUT2D eigenvalue weighted by Gasteiger charge is 2.17. The van der Waals surface area contributed by atoms with Crippen LogP contribution >= 0.6 is 15.9 Å². The fraction of sp³-hybridized carbons (Fsp3) is 0.300. The van der Waals surface area contributed by atoms with Crippen molar-refractivity contribution in [1.29, 1.82) is 0 Å². The normalized spacial score (nSPS) is 9.87. The number of ether oxygens (including phenoxy) is 2. The molecular formula is C10H12BrNO3. The number of hydrogen-bond acceptors (Lipinski definition) is 4. The summed E-state index contributed by atoms with van der Waals surface area (Å²) in [5, 5.41) is 0. The first-order valence-electron chi connectivity index (χ1n) is 4.28. The second-order valence-corrected chi connectivity index (χ2v) is 3.67. The molecule has 82 valence electrons. The molecule has 0 aliphatic heterocycles. The van der Waals surface area contributed by atoms with Gasteiger partial charge in [0.15, 0.2) is 17.8 Å². The number of aldehydes is 1. The number of carbonyl (C=O) groups is 1. The van der Waals surface area contributed by atoms with Crippen molar-refractivity contribution < 1.29 is 14.3 Å². The van der Waals surface area contributed by atoms with Crippen LogP contribution in [0.25, 0.3) is 0 Å². The topological polar surface area (TPSA) is 61.5 Å². The summed E-state index contributed by atoms with van der Waals surface area (Å²) in [7, 11) is 3.00. The molecule has 0 saturated carbocycles. The number of hydrogen-bond donors (Lipinski definition) is 1. The molecule has 1 aromatic carbocycles. The van der Waals surface area contributed by atoms with E-state index in [0.717, 1.165) is 5.56 Å². The van der Waals surface area contributed by atoms with Gasteiger partial charge in [0.1, 0.15) is 0 Å². The third-order valence-electron chi connectivity index (χ3n) is 2.05. The highest BCUT2D eigenvalue weighted by Crippen LogP contribution is 2.38. The van der Waals surface area contributed by atoms with E-state index < -0.39 is 0 Å². The minimum Gasteiger partial charge on any atom is -0.492 e. The van der Waals surface area contributed by atoms with Gasteiger partial charge in [0.2, 0.25) is 0 Å². The Morgan fingerprint density at radius 1 is 1.40 bits per heavy atom. The molecular weight excluding hydrogens is 262 g/mol. The van der Waals surface area contributed by atoms with Crippen LogP contribution in [0, 0.1) is 0 Å². The molecule has 0 unspecified atom stereocenters. The van der Waals surface area contributed by atoms with Crippen LogP contribution in [-0.2, 0) is 6.54 Å². The molecule has 1 aromatic rings. The summed E-state index contributed by atoms with van der Waals surface area (Å²) in [6.07, 6.45) is 0.714. The van der Waals surface area contributed by atoms with Gasteiger partial charge in [0.25, 0.3) is 0 Å². The van der Waals surface area contributed by atoms with Crippen molar-refractivity contribution >= 4 is 22.2 Å². The van der Waals surface area contributed by atoms with Crippen molar-refractivity contribution in [3.63, 3.8) is 0 Å². The van der Waals surface area contributed by atoms with Crippen LogP contribution in [0.2, 0.25) is 0 Å². The maximum Gasteiger partial charge on any atom is 0.172 e. The van der Waals surface area contributed by atoms with E-state index in [4.69, 9.17) is 15.2 Å². The fourth-order valence-corrected chi connectivity index (χ4v) is 1.91. The molecule has 0 heterocycles. The Morgan fingerprint density at radius 2 is 2.00 bits per heavy atom. The van der Waals surface area contributed by atoms with Crippen molar-refractivity contribution in [1.82, 2.24) is 0 Å². The van der Waals surface area contributed by atoms with Gasteiger partial charge in [-0.25, -0.2) is 0 Å². The minimum absolute atomic E-state index is 0.317. The van der Waals surface area contributed by atoms with Gasteiger partial charge in [-0.2, -0.15) is 0 Å². The lowest BCUT2D eigenvalue weighted by molar-refractivity contribution is 0.111. The third-order valence-corrected chi connectivity index (χ3v) is 2.70. The van der Waals surface area contributed by atoms with Crippen molar-refractivity contribution in [3.8, 4) is 11.5 Å². The lowest BCUT2D eigenvalue weighted by Crippen LogP contribution is -2.04. The van der Waals surface area contributed by atoms with E-state index in [2.05, 4.69) is 15.9 Å². The fourth-order valence-electron chi connectivity index (χ4n) is 1.36. The highest BCUT2D eigenvalue weighted by atomic mass is 79.9. The van der Waals surface area contributed by atoms with Gasteiger partial charge < -0.3 is 15.2 Å². The molecule has 2 N–H and O–H groups in total. The molecule has 15 heavy (non-hydrogen) atoms. The van der Waals surface area contributed by atoms with Gasteiger partial charge in [-0.05, 0) is 22.0 Å². The first-order chi connectivity index (χ1) is 7.19. The number of carbonyl (C=O) groups excluding carboxylic acids is 1. The van der Waals surface area contributed by atoms with Crippen LogP contribution in [0.15, 0.2) is 10.5 Å². The summed E-state index contributed by atoms with van der Waals surface area (Å²) in [6, 6.07) is 1.76. The molecule has 0 saturated heterocycles. The molecule has 1 rings (SSSR count). The average Bonchev–Trinajstić information content (AvgIpc) is 2.27. The molecule has 0 aliphatic rings. The van der Waals surface area contributed by atoms with E-state index >= 15 is 0 Å². The Hall–Kier alpha value is -1.07. The molecule has 0 radical (unpaired) electrons. The van der Waals surface area contributed by atoms with Gasteiger partial charge in [-0.3, -0.25) is 4.79 Å². The predicted molar refractivity (Wildman–Crippen MR) is 60.5 cm³/mol. The van der Waals surface area contributed by atoms with Gasteiger partial charge in [-0.1, -0.05) is 0 Å². The Morgan fingerprint density at radius 3 is 2.40 bits per heavy atom. The molecule has 0 amide bonds. The Labute approximate surface area is 96.5 Å². The van der Waals surface area contributed by atoms with Gasteiger partial charge in [0, 0.05) is 16.6 Å². The average molecular weight is 274 g/mol. The molecule has 0 aliphatic carbocycles. The van der Waals surface area contributed by atoms with Gasteiger partial charge in [-0.15, -0.1) is 0 Å². The molecule has 0 fully saturated rings. The maximum absolute atomic E-state index is 10.9. The van der Waals surface area contributed by atoms with Crippen LogP contribution in [0.5, 0.6) is 11.5 Å². The largest absolute Gasteiger partial charge is 0.492 e. The number of rotatable bonds is 4. The summed E-state index contributed by atoms with van der Waals surface area (Å²) in [4.78, 5) is 10.9. The van der Waals surface area contributed by atoms with Crippen molar-refractivity contribution in [2.45, 2.75) is 6.54 Å². The van der Waals surface area contributed by atoms with Crippen LogP contribution in [0.1, 0.15) is 15.9 Å². The van der Waals surface area contributed by atoms with Crippen LogP contribution < -0.4 is 15.2 Å². The van der Waals surface area contributed by atoms with E-state index in [0.29, 0.717) is 34.4 Å². The second kappa shape index (κ2) is 5.14. The van der Waals surface area contributed by atoms with Crippen LogP contribution in [0.4, 0.5) is 0 Å². The van der Waals surface area contributed by atoms with Gasteiger partial charge in [0.05, 0.1) is 19.8 Å². The monoisotopic (exact) mass is 273 g/mol. The van der Waals surface area contributed by atoms with E-state index in [1.807, 2.05) is 0 Å². The first-order valence-corrected chi connectivity index (χ1v) is 5.07. The van der Waals surface area contributed by atoms with E-state index in [1.54, 1.807) is 6.07 Å². The highest BCUT2D eigenvalue weighted by molar-refractivity contribution is 9.10. The molecule has 5 heteroatoms. The Kier molecular flexibility index (Phi) is 4.11. The lowest BCUT2D eigenvalue weighted by Gasteiger charge is -2.14. The standard InChI is InChI=1S/C10H12BrNO3/c1-14-9-6(4-12)3-8(11)7(5-13)10(9)15-2/h3,5H,4,12H2,1-2H3. The zero-order chi connectivity index (χ0) is 11.4. The predicted octanol–water partition coefficient (Wildman–Crippen LogP) is 1.74. The summed E-state index contributed by atoms with van der Waals surface area (Å²) in [5.74, 6) is 0.910. The Bertz CT molecular complexity index is 379. The van der Waals surface area contributed by atoms with Crippen molar-refractivity contribution in [2.75, 3.05) is 14.2 Å². The summed E-state index contributed by atoms with van der Waals surface area (Å²) in [6.45, 7) is 0.317. The summed E-state index contributed by atoms with van der Waals surface area (Å²) >= 11 is 3.28. The lowest BCUT2D eigenvalue weighted by atomic mass is 10.1. The number of nitrogens with two attached hydrogens (primary N) is 1. The van der Waals surface area contributed by atoms with Crippen LogP contribution in [0.3, 0.4) is 0 Å². The van der Waals surface area contributed by atoms with E-state index in [1.165, 1.54) is 14.2 Å². The molecule has 0 spiro atoms. The van der Waals surface area contributed by atoms with Crippen molar-refractivity contribution in [3.05, 3.63) is 21.7 Å². The number of methoxy groups -OCH3 is 2. The van der Waals surface area contributed by atoms with E-state index in [9.17, 15) is 4.79 Å². The molecule has 0 atom stereocenters. The summed E-state index contributed by atoms with van der Waals surface area (Å²) in [5.41, 5.74) is 6.77. The SMILES string of the molecule is COc1c(CN)cc(Br)c(C=O)c1OC. The minimum atomic E-state index is 0.317. The Balaban J connectivity index is 3.51. The van der Waals surface area contributed by atoms with E-state index in [-0.39, 0.29) is 0 Å². The molecule has 0 bridgehead atoms. The molecule has 0 aromatic heterocycles. The zero-order valence-corrected chi connectivity index (χ0v) is 10.1. The smallest absolute Gasteiger partial charge is 0.172 e. The first kappa shape index (κ1) is 12.0. The maximum atomic E-state index is 10.9. The van der Waals surface area contributed by atoms with Crippen molar-refractivity contribution in [2.24, 2.45) is 5.73 Å². The molecule has 4 nitrogen and oxygen atoms in total. The quantitative estimate of drug-likeness (QED) is 0.849.